The maximum Gasteiger partial charge on any atom is 0.125 e. The Labute approximate surface area is 123 Å². The van der Waals surface area contributed by atoms with Crippen molar-refractivity contribution in [1.82, 2.24) is 0 Å². The van der Waals surface area contributed by atoms with Crippen molar-refractivity contribution < 1.29 is 13.9 Å². The normalized spacial score (nSPS) is 12.2. The number of rotatable bonds is 6. The fraction of sp³-hybridized carbons (Fsp3) is 0.294. The minimum Gasteiger partial charge on any atom is -0.388 e. The third kappa shape index (κ3) is 4.26. The molecule has 2 rings (SSSR count). The van der Waals surface area contributed by atoms with Gasteiger partial charge in [0.2, 0.25) is 0 Å². The lowest BCUT2D eigenvalue weighted by atomic mass is 10.1. The third-order valence-corrected chi connectivity index (χ3v) is 3.46. The van der Waals surface area contributed by atoms with Gasteiger partial charge in [-0.15, -0.1) is 0 Å². The number of halogens is 2. The van der Waals surface area contributed by atoms with Gasteiger partial charge in [-0.2, -0.15) is 0 Å². The van der Waals surface area contributed by atoms with E-state index in [1.165, 1.54) is 24.3 Å². The van der Waals surface area contributed by atoms with Crippen LogP contribution in [0.1, 0.15) is 25.0 Å². The number of benzene rings is 2. The molecule has 21 heavy (non-hydrogen) atoms. The minimum atomic E-state index is -0.733. The molecule has 0 aliphatic heterocycles. The second-order valence-corrected chi connectivity index (χ2v) is 4.92. The number of aliphatic hydroxyl groups excluding tert-OH is 1. The highest BCUT2D eigenvalue weighted by atomic mass is 19.1. The predicted octanol–water partition coefficient (Wildman–Crippen LogP) is 3.91. The summed E-state index contributed by atoms with van der Waals surface area (Å²) in [6.07, 6.45) is -0.281. The highest BCUT2D eigenvalue weighted by Gasteiger charge is 2.11. The van der Waals surface area contributed by atoms with Crippen LogP contribution in [0, 0.1) is 11.6 Å². The summed E-state index contributed by atoms with van der Waals surface area (Å²) in [6.45, 7) is 3.25. The molecule has 0 aliphatic carbocycles. The van der Waals surface area contributed by atoms with Crippen LogP contribution in [0.15, 0.2) is 48.5 Å². The van der Waals surface area contributed by atoms with E-state index in [1.807, 2.05) is 17.9 Å². The average Bonchev–Trinajstić information content (AvgIpc) is 2.48. The van der Waals surface area contributed by atoms with Gasteiger partial charge in [0.1, 0.15) is 11.6 Å². The molecule has 0 aromatic heterocycles. The molecule has 0 saturated carbocycles. The second kappa shape index (κ2) is 7.18. The number of aliphatic hydroxyl groups is 1. The largest absolute Gasteiger partial charge is 0.388 e. The van der Waals surface area contributed by atoms with Crippen molar-refractivity contribution in [2.24, 2.45) is 0 Å². The van der Waals surface area contributed by atoms with E-state index in [-0.39, 0.29) is 11.6 Å². The predicted molar refractivity (Wildman–Crippen MR) is 80.3 cm³/mol. The zero-order valence-electron chi connectivity index (χ0n) is 12.0. The summed E-state index contributed by atoms with van der Waals surface area (Å²) in [5.41, 5.74) is 1.34. The van der Waals surface area contributed by atoms with Crippen molar-refractivity contribution >= 4 is 5.69 Å². The van der Waals surface area contributed by atoms with Crippen LogP contribution in [-0.4, -0.2) is 18.2 Å². The van der Waals surface area contributed by atoms with Crippen LogP contribution in [-0.2, 0) is 0 Å². The van der Waals surface area contributed by atoms with Gasteiger partial charge in [0.15, 0.2) is 0 Å². The molecule has 1 atom stereocenters. The van der Waals surface area contributed by atoms with Gasteiger partial charge < -0.3 is 10.0 Å². The van der Waals surface area contributed by atoms with Crippen LogP contribution < -0.4 is 4.90 Å². The molecule has 1 N–H and O–H groups in total. The lowest BCUT2D eigenvalue weighted by Gasteiger charge is -2.24. The first-order valence-electron chi connectivity index (χ1n) is 7.04. The first-order chi connectivity index (χ1) is 10.1. The molecule has 1 unspecified atom stereocenters. The van der Waals surface area contributed by atoms with E-state index in [0.717, 1.165) is 5.69 Å². The van der Waals surface area contributed by atoms with Crippen LogP contribution in [0.3, 0.4) is 0 Å². The maximum atomic E-state index is 13.3. The molecule has 112 valence electrons. The SMILES string of the molecule is CCN(CCC(O)c1cccc(F)c1)c1cccc(F)c1. The van der Waals surface area contributed by atoms with Gasteiger partial charge in [-0.25, -0.2) is 8.78 Å². The summed E-state index contributed by atoms with van der Waals surface area (Å²) < 4.78 is 26.4. The van der Waals surface area contributed by atoms with Gasteiger partial charge in [-0.05, 0) is 49.2 Å². The topological polar surface area (TPSA) is 23.5 Å². The van der Waals surface area contributed by atoms with Crippen molar-refractivity contribution in [1.29, 1.82) is 0 Å². The number of hydrogen-bond donors (Lipinski definition) is 1. The summed E-state index contributed by atoms with van der Waals surface area (Å²) in [5.74, 6) is -0.638. The molecule has 0 amide bonds. The molecule has 0 aliphatic rings. The monoisotopic (exact) mass is 291 g/mol. The van der Waals surface area contributed by atoms with E-state index in [4.69, 9.17) is 0 Å². The first kappa shape index (κ1) is 15.4. The van der Waals surface area contributed by atoms with Crippen LogP contribution in [0.25, 0.3) is 0 Å². The van der Waals surface area contributed by atoms with Gasteiger partial charge in [-0.3, -0.25) is 0 Å². The summed E-state index contributed by atoms with van der Waals surface area (Å²) in [6, 6.07) is 12.3. The Morgan fingerprint density at radius 3 is 2.33 bits per heavy atom. The zero-order chi connectivity index (χ0) is 15.2. The highest BCUT2D eigenvalue weighted by molar-refractivity contribution is 5.46. The quantitative estimate of drug-likeness (QED) is 0.872. The smallest absolute Gasteiger partial charge is 0.125 e. The van der Waals surface area contributed by atoms with Crippen LogP contribution in [0.2, 0.25) is 0 Å². The molecule has 2 aromatic carbocycles. The second-order valence-electron chi connectivity index (χ2n) is 4.92. The van der Waals surface area contributed by atoms with Crippen molar-refractivity contribution in [3.63, 3.8) is 0 Å². The lowest BCUT2D eigenvalue weighted by Crippen LogP contribution is -2.25. The van der Waals surface area contributed by atoms with Gasteiger partial charge in [0.25, 0.3) is 0 Å². The summed E-state index contributed by atoms with van der Waals surface area (Å²) in [7, 11) is 0. The van der Waals surface area contributed by atoms with Crippen molar-refractivity contribution in [2.45, 2.75) is 19.4 Å². The lowest BCUT2D eigenvalue weighted by molar-refractivity contribution is 0.169. The van der Waals surface area contributed by atoms with Gasteiger partial charge in [-0.1, -0.05) is 18.2 Å². The molecular formula is C17H19F2NO. The van der Waals surface area contributed by atoms with Crippen molar-refractivity contribution in [3.8, 4) is 0 Å². The summed E-state index contributed by atoms with van der Waals surface area (Å²) in [5, 5.41) is 10.1. The number of nitrogens with zero attached hydrogens (tertiary/aromatic N) is 1. The summed E-state index contributed by atoms with van der Waals surface area (Å²) in [4.78, 5) is 1.98. The molecule has 2 nitrogen and oxygen atoms in total. The summed E-state index contributed by atoms with van der Waals surface area (Å²) >= 11 is 0. The number of hydrogen-bond acceptors (Lipinski definition) is 2. The Kier molecular flexibility index (Phi) is 5.28. The Balaban J connectivity index is 2.00. The van der Waals surface area contributed by atoms with E-state index in [1.54, 1.807) is 18.2 Å². The first-order valence-corrected chi connectivity index (χ1v) is 7.04. The van der Waals surface area contributed by atoms with E-state index >= 15 is 0 Å². The Morgan fingerprint density at radius 1 is 1.05 bits per heavy atom. The molecular weight excluding hydrogens is 272 g/mol. The van der Waals surface area contributed by atoms with Gasteiger partial charge >= 0.3 is 0 Å². The van der Waals surface area contributed by atoms with Crippen LogP contribution in [0.5, 0.6) is 0 Å². The van der Waals surface area contributed by atoms with Crippen molar-refractivity contribution in [2.75, 3.05) is 18.0 Å². The molecule has 0 spiro atoms. The van der Waals surface area contributed by atoms with Crippen LogP contribution >= 0.6 is 0 Å². The van der Waals surface area contributed by atoms with Gasteiger partial charge in [0, 0.05) is 18.8 Å². The van der Waals surface area contributed by atoms with Crippen LogP contribution in [0.4, 0.5) is 14.5 Å². The fourth-order valence-corrected chi connectivity index (χ4v) is 2.30. The van der Waals surface area contributed by atoms with E-state index in [9.17, 15) is 13.9 Å². The number of anilines is 1. The Morgan fingerprint density at radius 2 is 1.71 bits per heavy atom. The highest BCUT2D eigenvalue weighted by Crippen LogP contribution is 2.21. The fourth-order valence-electron chi connectivity index (χ4n) is 2.30. The third-order valence-electron chi connectivity index (χ3n) is 3.46. The Hall–Kier alpha value is -1.94. The average molecular weight is 291 g/mol. The molecule has 0 saturated heterocycles. The van der Waals surface area contributed by atoms with E-state index < -0.39 is 6.10 Å². The standard InChI is InChI=1S/C17H19F2NO/c1-2-20(16-8-4-7-15(19)12-16)10-9-17(21)13-5-3-6-14(18)11-13/h3-8,11-12,17,21H,2,9-10H2,1H3. The zero-order valence-corrected chi connectivity index (χ0v) is 12.0. The maximum absolute atomic E-state index is 13.3. The van der Waals surface area contributed by atoms with E-state index in [2.05, 4.69) is 0 Å². The molecule has 0 radical (unpaired) electrons. The molecule has 4 heteroatoms. The molecule has 0 fully saturated rings. The Bertz CT molecular complexity index is 589. The molecule has 0 bridgehead atoms. The molecule has 2 aromatic rings. The van der Waals surface area contributed by atoms with E-state index in [0.29, 0.717) is 25.1 Å². The van der Waals surface area contributed by atoms with Gasteiger partial charge in [0.05, 0.1) is 6.10 Å². The minimum absolute atomic E-state index is 0.281. The molecule has 0 heterocycles. The van der Waals surface area contributed by atoms with Crippen molar-refractivity contribution in [3.05, 3.63) is 65.7 Å².